The SMILES string of the molecule is CCC(C)(C)CC(C)(C)C1CCC(OC(C)=O)CC1. The van der Waals surface area contributed by atoms with Gasteiger partial charge in [-0.15, -0.1) is 0 Å². The van der Waals surface area contributed by atoms with Crippen LogP contribution in [0.3, 0.4) is 0 Å². The van der Waals surface area contributed by atoms with E-state index < -0.39 is 0 Å². The Bertz CT molecular complexity index is 296. The lowest BCUT2D eigenvalue weighted by atomic mass is 9.63. The second kappa shape index (κ2) is 6.28. The van der Waals surface area contributed by atoms with E-state index >= 15 is 0 Å². The van der Waals surface area contributed by atoms with Gasteiger partial charge in [-0.05, 0) is 48.9 Å². The van der Waals surface area contributed by atoms with Gasteiger partial charge in [0.2, 0.25) is 0 Å². The molecule has 0 N–H and O–H groups in total. The van der Waals surface area contributed by atoms with E-state index in [2.05, 4.69) is 34.6 Å². The average Bonchev–Trinajstić information content (AvgIpc) is 2.27. The van der Waals surface area contributed by atoms with Crippen LogP contribution >= 0.6 is 0 Å². The van der Waals surface area contributed by atoms with Crippen molar-refractivity contribution in [2.75, 3.05) is 0 Å². The summed E-state index contributed by atoms with van der Waals surface area (Å²) in [4.78, 5) is 11.0. The van der Waals surface area contributed by atoms with E-state index in [1.165, 1.54) is 32.6 Å². The van der Waals surface area contributed by atoms with Gasteiger partial charge in [0.15, 0.2) is 0 Å². The molecular weight excluding hydrogens is 236 g/mol. The largest absolute Gasteiger partial charge is 0.463 e. The summed E-state index contributed by atoms with van der Waals surface area (Å²) < 4.78 is 5.34. The van der Waals surface area contributed by atoms with Gasteiger partial charge >= 0.3 is 5.97 Å². The third-order valence-corrected chi connectivity index (χ3v) is 5.00. The highest BCUT2D eigenvalue weighted by Crippen LogP contribution is 2.46. The Balaban J connectivity index is 2.51. The van der Waals surface area contributed by atoms with Crippen molar-refractivity contribution in [1.29, 1.82) is 0 Å². The zero-order chi connectivity index (χ0) is 14.7. The molecule has 0 aromatic carbocycles. The molecule has 1 saturated carbocycles. The summed E-state index contributed by atoms with van der Waals surface area (Å²) in [6, 6.07) is 0. The van der Waals surface area contributed by atoms with Crippen LogP contribution in [0.15, 0.2) is 0 Å². The molecule has 2 nitrogen and oxygen atoms in total. The van der Waals surface area contributed by atoms with Crippen molar-refractivity contribution >= 4 is 5.97 Å². The number of ether oxygens (including phenoxy) is 1. The first-order valence-corrected chi connectivity index (χ1v) is 7.83. The summed E-state index contributed by atoms with van der Waals surface area (Å²) in [6.45, 7) is 13.4. The lowest BCUT2D eigenvalue weighted by Crippen LogP contribution is -2.34. The molecule has 1 aliphatic rings. The predicted molar refractivity (Wildman–Crippen MR) is 80.0 cm³/mol. The molecule has 0 unspecified atom stereocenters. The van der Waals surface area contributed by atoms with Crippen LogP contribution in [0.4, 0.5) is 0 Å². The second-order valence-electron chi connectivity index (χ2n) is 7.77. The minimum absolute atomic E-state index is 0.130. The van der Waals surface area contributed by atoms with Gasteiger partial charge in [0.25, 0.3) is 0 Å². The molecule has 0 aliphatic heterocycles. The third-order valence-electron chi connectivity index (χ3n) is 5.00. The first kappa shape index (κ1) is 16.5. The van der Waals surface area contributed by atoms with Crippen LogP contribution in [0.2, 0.25) is 0 Å². The molecular formula is C17H32O2. The topological polar surface area (TPSA) is 26.3 Å². The van der Waals surface area contributed by atoms with Crippen molar-refractivity contribution in [2.45, 2.75) is 86.2 Å². The van der Waals surface area contributed by atoms with Crippen molar-refractivity contribution in [3.63, 3.8) is 0 Å². The Labute approximate surface area is 119 Å². The van der Waals surface area contributed by atoms with Crippen molar-refractivity contribution in [1.82, 2.24) is 0 Å². The monoisotopic (exact) mass is 268 g/mol. The predicted octanol–water partition coefficient (Wildman–Crippen LogP) is 4.96. The van der Waals surface area contributed by atoms with Gasteiger partial charge in [-0.3, -0.25) is 4.79 Å². The quantitative estimate of drug-likeness (QED) is 0.659. The Kier molecular flexibility index (Phi) is 5.46. The molecule has 2 heteroatoms. The summed E-state index contributed by atoms with van der Waals surface area (Å²) in [5.74, 6) is 0.639. The summed E-state index contributed by atoms with van der Waals surface area (Å²) in [6.07, 6.45) is 7.16. The van der Waals surface area contributed by atoms with Crippen LogP contribution in [0.5, 0.6) is 0 Å². The van der Waals surface area contributed by atoms with Crippen LogP contribution in [-0.4, -0.2) is 12.1 Å². The van der Waals surface area contributed by atoms with Crippen molar-refractivity contribution in [3.05, 3.63) is 0 Å². The molecule has 0 amide bonds. The molecule has 112 valence electrons. The number of hydrogen-bond acceptors (Lipinski definition) is 2. The zero-order valence-electron chi connectivity index (χ0n) is 13.7. The highest BCUT2D eigenvalue weighted by Gasteiger charge is 2.37. The summed E-state index contributed by atoms with van der Waals surface area (Å²) >= 11 is 0. The maximum Gasteiger partial charge on any atom is 0.302 e. The fourth-order valence-electron chi connectivity index (χ4n) is 3.70. The van der Waals surface area contributed by atoms with Gasteiger partial charge in [0.1, 0.15) is 6.10 Å². The average molecular weight is 268 g/mol. The Morgan fingerprint density at radius 2 is 1.63 bits per heavy atom. The first-order valence-electron chi connectivity index (χ1n) is 7.83. The van der Waals surface area contributed by atoms with Gasteiger partial charge in [0, 0.05) is 6.92 Å². The Morgan fingerprint density at radius 3 is 2.05 bits per heavy atom. The summed E-state index contributed by atoms with van der Waals surface area (Å²) in [7, 11) is 0. The first-order chi connectivity index (χ1) is 8.66. The molecule has 0 saturated heterocycles. The molecule has 19 heavy (non-hydrogen) atoms. The fraction of sp³-hybridized carbons (Fsp3) is 0.941. The molecule has 0 heterocycles. The number of esters is 1. The third kappa shape index (κ3) is 5.16. The van der Waals surface area contributed by atoms with E-state index in [1.807, 2.05) is 0 Å². The van der Waals surface area contributed by atoms with Crippen molar-refractivity contribution in [3.8, 4) is 0 Å². The summed E-state index contributed by atoms with van der Waals surface area (Å²) in [5.41, 5.74) is 0.816. The van der Waals surface area contributed by atoms with E-state index in [-0.39, 0.29) is 12.1 Å². The maximum atomic E-state index is 11.0. The number of carbonyl (C=O) groups excluding carboxylic acids is 1. The number of carbonyl (C=O) groups is 1. The van der Waals surface area contributed by atoms with Crippen LogP contribution in [0.25, 0.3) is 0 Å². The second-order valence-corrected chi connectivity index (χ2v) is 7.77. The standard InChI is InChI=1S/C17H32O2/c1-7-16(3,4)12-17(5,6)14-8-10-15(11-9-14)19-13(2)18/h14-15H,7-12H2,1-6H3. The molecule has 0 atom stereocenters. The van der Waals surface area contributed by atoms with E-state index in [0.29, 0.717) is 10.8 Å². The molecule has 0 bridgehead atoms. The molecule has 1 rings (SSSR count). The Morgan fingerprint density at radius 1 is 1.11 bits per heavy atom. The molecule has 0 aromatic heterocycles. The van der Waals surface area contributed by atoms with E-state index in [1.54, 1.807) is 0 Å². The molecule has 0 spiro atoms. The van der Waals surface area contributed by atoms with Gasteiger partial charge in [-0.1, -0.05) is 41.0 Å². The van der Waals surface area contributed by atoms with Gasteiger partial charge in [0.05, 0.1) is 0 Å². The maximum absolute atomic E-state index is 11.0. The number of rotatable bonds is 5. The van der Waals surface area contributed by atoms with Crippen LogP contribution in [0, 0.1) is 16.7 Å². The molecule has 1 fully saturated rings. The van der Waals surface area contributed by atoms with E-state index in [9.17, 15) is 4.79 Å². The van der Waals surface area contributed by atoms with Crippen LogP contribution in [-0.2, 0) is 9.53 Å². The zero-order valence-corrected chi connectivity index (χ0v) is 13.7. The van der Waals surface area contributed by atoms with Crippen molar-refractivity contribution < 1.29 is 9.53 Å². The molecule has 0 radical (unpaired) electrons. The highest BCUT2D eigenvalue weighted by molar-refractivity contribution is 5.66. The van der Waals surface area contributed by atoms with E-state index in [0.717, 1.165) is 18.8 Å². The van der Waals surface area contributed by atoms with Gasteiger partial charge in [-0.25, -0.2) is 0 Å². The van der Waals surface area contributed by atoms with Gasteiger partial charge in [-0.2, -0.15) is 0 Å². The van der Waals surface area contributed by atoms with Crippen LogP contribution < -0.4 is 0 Å². The smallest absolute Gasteiger partial charge is 0.302 e. The fourth-order valence-corrected chi connectivity index (χ4v) is 3.70. The number of hydrogen-bond donors (Lipinski definition) is 0. The molecule has 0 aromatic rings. The molecule has 1 aliphatic carbocycles. The normalized spacial score (nSPS) is 25.2. The lowest BCUT2D eigenvalue weighted by Gasteiger charge is -2.43. The Hall–Kier alpha value is -0.530. The van der Waals surface area contributed by atoms with Gasteiger partial charge < -0.3 is 4.74 Å². The minimum atomic E-state index is -0.130. The van der Waals surface area contributed by atoms with E-state index in [4.69, 9.17) is 4.74 Å². The minimum Gasteiger partial charge on any atom is -0.463 e. The lowest BCUT2D eigenvalue weighted by molar-refractivity contribution is -0.148. The summed E-state index contributed by atoms with van der Waals surface area (Å²) in [5, 5.41) is 0. The van der Waals surface area contributed by atoms with Crippen LogP contribution in [0.1, 0.15) is 80.1 Å². The van der Waals surface area contributed by atoms with Crippen molar-refractivity contribution in [2.24, 2.45) is 16.7 Å². The highest BCUT2D eigenvalue weighted by atomic mass is 16.5.